The number of rotatable bonds is 36. The lowest BCUT2D eigenvalue weighted by molar-refractivity contribution is -0.143. The van der Waals surface area contributed by atoms with E-state index in [0.717, 1.165) is 0 Å². The number of nitrogens with one attached hydrogen (secondary N) is 8. The van der Waals surface area contributed by atoms with Crippen LogP contribution in [-0.4, -0.2) is 181 Å². The van der Waals surface area contributed by atoms with Crippen molar-refractivity contribution in [3.05, 3.63) is 59.7 Å². The number of phenolic OH excluding ortho intramolecular Hbond substituents is 2. The third-order valence-electron chi connectivity index (χ3n) is 11.7. The molecule has 2 aromatic rings. The van der Waals surface area contributed by atoms with E-state index in [4.69, 9.17) is 17.2 Å². The topological polar surface area (TPSA) is 496 Å². The number of benzene rings is 2. The van der Waals surface area contributed by atoms with Gasteiger partial charge in [0.15, 0.2) is 5.96 Å². The largest absolute Gasteiger partial charge is 0.508 e. The average Bonchev–Trinajstić information content (AvgIpc) is 3.37. The summed E-state index contributed by atoms with van der Waals surface area (Å²) in [6.07, 6.45) is -2.69. The molecule has 0 aliphatic rings. The lowest BCUT2D eigenvalue weighted by atomic mass is 10.0. The van der Waals surface area contributed by atoms with Crippen LogP contribution in [-0.2, 0) is 65.6 Å². The maximum atomic E-state index is 14.1. The summed E-state index contributed by atoms with van der Waals surface area (Å²) in [4.78, 5) is 148. The van der Waals surface area contributed by atoms with E-state index in [0.29, 0.717) is 11.1 Å². The smallest absolute Gasteiger partial charge is 0.326 e. The van der Waals surface area contributed by atoms with E-state index < -0.39 is 145 Å². The minimum Gasteiger partial charge on any atom is -0.508 e. The van der Waals surface area contributed by atoms with Crippen molar-refractivity contribution in [2.75, 3.05) is 25.1 Å². The van der Waals surface area contributed by atoms with Crippen LogP contribution in [0.25, 0.3) is 0 Å². The molecule has 0 spiro atoms. The number of nitrogens with zero attached hydrogens (tertiary/aromatic N) is 1. The number of nitrogens with two attached hydrogens (primary N) is 3. The van der Waals surface area contributed by atoms with Gasteiger partial charge in [0.05, 0.1) is 25.1 Å². The molecule has 0 unspecified atom stereocenters. The van der Waals surface area contributed by atoms with Crippen LogP contribution in [0.5, 0.6) is 11.5 Å². The van der Waals surface area contributed by atoms with Crippen LogP contribution < -0.4 is 59.7 Å². The Morgan fingerprint density at radius 2 is 1.06 bits per heavy atom. The number of aliphatic carboxylic acids is 3. The van der Waals surface area contributed by atoms with E-state index in [1.165, 1.54) is 67.2 Å². The number of guanidine groups is 1. The van der Waals surface area contributed by atoms with Gasteiger partial charge in [0.2, 0.25) is 47.3 Å². The zero-order valence-corrected chi connectivity index (χ0v) is 45.5. The van der Waals surface area contributed by atoms with Crippen LogP contribution in [0, 0.1) is 5.92 Å². The lowest BCUT2D eigenvalue weighted by Crippen LogP contribution is -2.60. The van der Waals surface area contributed by atoms with Crippen molar-refractivity contribution in [3.63, 3.8) is 0 Å². The van der Waals surface area contributed by atoms with Gasteiger partial charge in [-0.2, -0.15) is 11.8 Å². The molecule has 0 bridgehead atoms. The molecule has 442 valence electrons. The first kappa shape index (κ1) is 67.9. The van der Waals surface area contributed by atoms with Gasteiger partial charge in [-0.3, -0.25) is 52.9 Å². The van der Waals surface area contributed by atoms with Crippen LogP contribution in [0.1, 0.15) is 76.8 Å². The van der Waals surface area contributed by atoms with Crippen LogP contribution in [0.15, 0.2) is 53.5 Å². The number of aliphatic hydroxyl groups excluding tert-OH is 1. The maximum Gasteiger partial charge on any atom is 0.326 e. The monoisotopic (exact) mass is 1150 g/mol. The molecule has 0 aromatic heterocycles. The zero-order chi connectivity index (χ0) is 60.2. The van der Waals surface area contributed by atoms with Gasteiger partial charge < -0.3 is 90.4 Å². The van der Waals surface area contributed by atoms with Gasteiger partial charge in [-0.25, -0.2) is 4.79 Å². The molecule has 20 N–H and O–H groups in total. The quantitative estimate of drug-likeness (QED) is 0.0178. The summed E-state index contributed by atoms with van der Waals surface area (Å²) in [5.74, 6) is -13.1. The summed E-state index contributed by atoms with van der Waals surface area (Å²) in [6, 6.07) is -1.19. The Hall–Kier alpha value is -8.25. The Kier molecular flexibility index (Phi) is 29.3. The number of carbonyl (C=O) groups excluding carboxylic acids is 8. The molecule has 0 saturated heterocycles. The predicted molar refractivity (Wildman–Crippen MR) is 289 cm³/mol. The Balaban J connectivity index is 2.34. The van der Waals surface area contributed by atoms with Gasteiger partial charge in [-0.1, -0.05) is 38.1 Å². The lowest BCUT2D eigenvalue weighted by Gasteiger charge is -2.27. The van der Waals surface area contributed by atoms with Crippen molar-refractivity contribution in [2.45, 2.75) is 133 Å². The second-order valence-corrected chi connectivity index (χ2v) is 19.9. The number of carbonyl (C=O) groups is 11. The first-order chi connectivity index (χ1) is 37.6. The summed E-state index contributed by atoms with van der Waals surface area (Å²) < 4.78 is 0. The third-order valence-corrected chi connectivity index (χ3v) is 12.3. The number of thioether (sulfide) groups is 1. The number of aliphatic imine (C=N–C) groups is 1. The van der Waals surface area contributed by atoms with E-state index in [2.05, 4.69) is 47.5 Å². The van der Waals surface area contributed by atoms with E-state index in [-0.39, 0.29) is 74.2 Å². The number of aromatic hydroxyl groups is 2. The van der Waals surface area contributed by atoms with Crippen molar-refractivity contribution in [3.8, 4) is 11.5 Å². The molecular weight excluding hydrogens is 1070 g/mol. The van der Waals surface area contributed by atoms with Crippen LogP contribution >= 0.6 is 11.8 Å². The number of aliphatic hydroxyl groups is 1. The van der Waals surface area contributed by atoms with Crippen molar-refractivity contribution in [1.82, 2.24) is 42.5 Å². The van der Waals surface area contributed by atoms with Gasteiger partial charge in [-0.15, -0.1) is 0 Å². The Morgan fingerprint density at radius 1 is 0.575 bits per heavy atom. The molecule has 2 aromatic carbocycles. The number of phenols is 2. The van der Waals surface area contributed by atoms with Crippen LogP contribution in [0.4, 0.5) is 0 Å². The predicted octanol–water partition coefficient (Wildman–Crippen LogP) is -3.62. The van der Waals surface area contributed by atoms with Crippen molar-refractivity contribution >= 4 is 82.9 Å². The second kappa shape index (κ2) is 34.6. The molecule has 0 heterocycles. The number of amides is 8. The molecule has 8 amide bonds. The Bertz CT molecular complexity index is 2480. The zero-order valence-electron chi connectivity index (χ0n) is 44.6. The van der Waals surface area contributed by atoms with E-state index in [1.807, 2.05) is 0 Å². The normalized spacial score (nSPS) is 14.3. The molecule has 0 fully saturated rings. The summed E-state index contributed by atoms with van der Waals surface area (Å²) in [5, 5.41) is 77.7. The molecular formula is C50H74N12O17S. The first-order valence-electron chi connectivity index (χ1n) is 25.2. The Labute approximate surface area is 464 Å². The van der Waals surface area contributed by atoms with E-state index >= 15 is 0 Å². The molecule has 80 heavy (non-hydrogen) atoms. The van der Waals surface area contributed by atoms with Crippen LogP contribution in [0.3, 0.4) is 0 Å². The molecule has 0 aliphatic heterocycles. The van der Waals surface area contributed by atoms with Crippen molar-refractivity contribution in [1.29, 1.82) is 0 Å². The highest BCUT2D eigenvalue weighted by atomic mass is 32.2. The fourth-order valence-electron chi connectivity index (χ4n) is 7.50. The molecule has 29 nitrogen and oxygen atoms in total. The van der Waals surface area contributed by atoms with E-state index in [9.17, 15) is 83.4 Å². The summed E-state index contributed by atoms with van der Waals surface area (Å²) in [5.41, 5.74) is 17.8. The number of hydrogen-bond acceptors (Lipinski definition) is 17. The van der Waals surface area contributed by atoms with Crippen LogP contribution in [0.2, 0.25) is 0 Å². The van der Waals surface area contributed by atoms with Gasteiger partial charge in [-0.05, 0) is 98.8 Å². The van der Waals surface area contributed by atoms with Gasteiger partial charge >= 0.3 is 17.9 Å². The van der Waals surface area contributed by atoms with E-state index in [1.54, 1.807) is 20.1 Å². The molecule has 0 saturated carbocycles. The standard InChI is InChI=1S/C50H74N12O17S/c1-25(2)20-37(49(78)79)61-44(73)32(6-5-18-54-50(52)53)57-47(76)35(22-28-9-13-30(65)14-10-28)59-45(74)33(15-16-39(67)68)56-38(66)24-55-43(72)36(23-40(69)70)60-46(75)34(17-19-80-4)58-48(77)41(26(3)63)62-42(71)31(51)21-27-7-11-29(64)12-8-27/h7-14,25-26,31-37,41,63-65H,5-6,15-24,51H2,1-4H3,(H,55,72)(H,56,66)(H,57,76)(H,58,77)(H,59,74)(H,60,75)(H,61,73)(H,62,71)(H,67,68)(H,69,70)(H,78,79)(H4,52,53,54)/t26-,31+,32+,33+,34+,35+,36+,37+,41+/m1/s1. The maximum absolute atomic E-state index is 14.1. The Morgan fingerprint density at radius 3 is 1.56 bits per heavy atom. The first-order valence-corrected chi connectivity index (χ1v) is 26.6. The second-order valence-electron chi connectivity index (χ2n) is 18.9. The van der Waals surface area contributed by atoms with Gasteiger partial charge in [0.25, 0.3) is 0 Å². The number of hydrogen-bond donors (Lipinski definition) is 17. The van der Waals surface area contributed by atoms with Crippen molar-refractivity contribution in [2.24, 2.45) is 28.1 Å². The highest BCUT2D eigenvalue weighted by Gasteiger charge is 2.35. The molecule has 30 heteroatoms. The molecule has 9 atom stereocenters. The fraction of sp³-hybridized carbons (Fsp3) is 0.520. The van der Waals surface area contributed by atoms with Gasteiger partial charge in [0, 0.05) is 19.4 Å². The SMILES string of the molecule is CSCC[C@H](NC(=O)[C@@H](NC(=O)[C@@H](N)Cc1ccc(O)cc1)[C@@H](C)O)C(=O)N[C@@H](CC(=O)O)C(=O)NCC(=O)N[C@@H](CCC(=O)O)C(=O)N[C@@H](Cc1ccc(O)cc1)C(=O)N[C@@H](CCCN=C(N)N)C(=O)N[C@@H](CC(C)C)C(=O)O. The summed E-state index contributed by atoms with van der Waals surface area (Å²) in [7, 11) is 0. The number of carboxylic acid groups (broad SMARTS) is 3. The minimum atomic E-state index is -1.90. The van der Waals surface area contributed by atoms with Crippen molar-refractivity contribution < 1.29 is 83.4 Å². The van der Waals surface area contributed by atoms with Gasteiger partial charge in [0.1, 0.15) is 53.8 Å². The molecule has 2 rings (SSSR count). The molecule has 0 radical (unpaired) electrons. The third kappa shape index (κ3) is 25.9. The summed E-state index contributed by atoms with van der Waals surface area (Å²) >= 11 is 1.25. The average molecular weight is 1150 g/mol. The number of carboxylic acids is 3. The highest BCUT2D eigenvalue weighted by molar-refractivity contribution is 7.98. The highest BCUT2D eigenvalue weighted by Crippen LogP contribution is 2.15. The summed E-state index contributed by atoms with van der Waals surface area (Å²) in [6.45, 7) is 3.65. The molecule has 0 aliphatic carbocycles. The fourth-order valence-corrected chi connectivity index (χ4v) is 7.97. The minimum absolute atomic E-state index is 0.000497.